The summed E-state index contributed by atoms with van der Waals surface area (Å²) in [6.45, 7) is 7.64. The quantitative estimate of drug-likeness (QED) is 0.254. The van der Waals surface area contributed by atoms with Crippen LogP contribution in [0, 0.1) is 0 Å². The molecule has 26 heavy (non-hydrogen) atoms. The van der Waals surface area contributed by atoms with Crippen molar-refractivity contribution < 1.29 is 27.1 Å². The second-order valence-corrected chi connectivity index (χ2v) is 6.93. The minimum absolute atomic E-state index is 0.0554. The van der Waals surface area contributed by atoms with Gasteiger partial charge < -0.3 is 4.74 Å². The summed E-state index contributed by atoms with van der Waals surface area (Å²) in [5.41, 5.74) is -5.00. The Labute approximate surface area is 157 Å². The molecule has 0 heterocycles. The summed E-state index contributed by atoms with van der Waals surface area (Å²) in [5, 5.41) is 9.75. The summed E-state index contributed by atoms with van der Waals surface area (Å²) in [4.78, 5) is 11.5. The lowest BCUT2D eigenvalue weighted by atomic mass is 9.95. The SMILES string of the molecule is COC(=O)C(F)(c1ccc(N=NN(C(C)C)C(C)C)c(Br)c1)C(F)(F)F. The number of esters is 1. The van der Waals surface area contributed by atoms with Crippen molar-refractivity contribution in [3.63, 3.8) is 0 Å². The van der Waals surface area contributed by atoms with Gasteiger partial charge in [0.2, 0.25) is 0 Å². The highest BCUT2D eigenvalue weighted by Crippen LogP contribution is 2.45. The molecule has 0 aliphatic heterocycles. The van der Waals surface area contributed by atoms with Gasteiger partial charge in [-0.15, -0.1) is 5.11 Å². The number of methoxy groups -OCH3 is 1. The summed E-state index contributed by atoms with van der Waals surface area (Å²) < 4.78 is 58.1. The number of halogens is 5. The van der Waals surface area contributed by atoms with E-state index in [9.17, 15) is 22.4 Å². The van der Waals surface area contributed by atoms with E-state index in [1.165, 1.54) is 0 Å². The van der Waals surface area contributed by atoms with Gasteiger partial charge in [0.05, 0.1) is 7.11 Å². The molecule has 0 amide bonds. The van der Waals surface area contributed by atoms with Gasteiger partial charge in [-0.3, -0.25) is 5.01 Å². The lowest BCUT2D eigenvalue weighted by Gasteiger charge is -2.26. The largest absolute Gasteiger partial charge is 0.466 e. The van der Waals surface area contributed by atoms with E-state index in [0.29, 0.717) is 7.11 Å². The maximum Gasteiger partial charge on any atom is 0.437 e. The van der Waals surface area contributed by atoms with Crippen molar-refractivity contribution in [2.75, 3.05) is 7.11 Å². The van der Waals surface area contributed by atoms with Gasteiger partial charge in [-0.2, -0.15) is 13.2 Å². The van der Waals surface area contributed by atoms with Gasteiger partial charge in [0.15, 0.2) is 0 Å². The summed E-state index contributed by atoms with van der Waals surface area (Å²) in [5.74, 6) is -2.04. The van der Waals surface area contributed by atoms with E-state index in [4.69, 9.17) is 0 Å². The van der Waals surface area contributed by atoms with Crippen LogP contribution in [-0.4, -0.2) is 36.3 Å². The molecule has 146 valence electrons. The zero-order chi connectivity index (χ0) is 20.3. The van der Waals surface area contributed by atoms with Crippen molar-refractivity contribution in [1.29, 1.82) is 0 Å². The van der Waals surface area contributed by atoms with Gasteiger partial charge in [-0.05, 0) is 55.8 Å². The molecule has 0 saturated carbocycles. The molecule has 0 aromatic heterocycles. The lowest BCUT2D eigenvalue weighted by Crippen LogP contribution is -2.46. The van der Waals surface area contributed by atoms with Crippen LogP contribution in [0.3, 0.4) is 0 Å². The number of alkyl halides is 4. The Balaban J connectivity index is 3.30. The van der Waals surface area contributed by atoms with E-state index in [0.717, 1.165) is 18.2 Å². The second-order valence-electron chi connectivity index (χ2n) is 6.07. The molecule has 1 rings (SSSR count). The molecule has 1 aromatic rings. The molecular formula is C16H20BrF4N3O2. The molecular weight excluding hydrogens is 422 g/mol. The monoisotopic (exact) mass is 441 g/mol. The molecule has 0 spiro atoms. The fourth-order valence-corrected chi connectivity index (χ4v) is 2.70. The number of carbonyl (C=O) groups excluding carboxylic acids is 1. The Bertz CT molecular complexity index is 672. The average Bonchev–Trinajstić information content (AvgIpc) is 2.52. The summed E-state index contributed by atoms with van der Waals surface area (Å²) >= 11 is 3.04. The van der Waals surface area contributed by atoms with Gasteiger partial charge in [0.1, 0.15) is 5.69 Å². The number of rotatable bonds is 6. The van der Waals surface area contributed by atoms with Gasteiger partial charge in [0, 0.05) is 22.1 Å². The second kappa shape index (κ2) is 8.32. The normalized spacial score (nSPS) is 14.8. The molecule has 1 unspecified atom stereocenters. The number of hydrogen-bond acceptors (Lipinski definition) is 4. The Morgan fingerprint density at radius 2 is 1.69 bits per heavy atom. The molecule has 0 radical (unpaired) electrons. The lowest BCUT2D eigenvalue weighted by molar-refractivity contribution is -0.242. The van der Waals surface area contributed by atoms with Gasteiger partial charge in [-0.1, -0.05) is 11.3 Å². The van der Waals surface area contributed by atoms with Crippen molar-refractivity contribution in [1.82, 2.24) is 5.01 Å². The van der Waals surface area contributed by atoms with Crippen molar-refractivity contribution in [2.24, 2.45) is 10.3 Å². The molecule has 0 bridgehead atoms. The fourth-order valence-electron chi connectivity index (χ4n) is 2.24. The van der Waals surface area contributed by atoms with Gasteiger partial charge in [0.25, 0.3) is 0 Å². The van der Waals surface area contributed by atoms with Gasteiger partial charge in [-0.25, -0.2) is 9.18 Å². The third-order valence-electron chi connectivity index (χ3n) is 3.52. The highest BCUT2D eigenvalue weighted by Gasteiger charge is 2.64. The zero-order valence-corrected chi connectivity index (χ0v) is 16.5. The minimum atomic E-state index is -5.48. The third-order valence-corrected chi connectivity index (χ3v) is 4.15. The molecule has 0 N–H and O–H groups in total. The Hall–Kier alpha value is -1.71. The van der Waals surface area contributed by atoms with Crippen LogP contribution in [0.2, 0.25) is 0 Å². The van der Waals surface area contributed by atoms with E-state index >= 15 is 0 Å². The summed E-state index contributed by atoms with van der Waals surface area (Å²) in [7, 11) is 0.687. The zero-order valence-electron chi connectivity index (χ0n) is 14.9. The molecule has 0 aliphatic rings. The maximum absolute atomic E-state index is 14.6. The third kappa shape index (κ3) is 4.52. The number of nitrogens with zero attached hydrogens (tertiary/aromatic N) is 3. The smallest absolute Gasteiger partial charge is 0.437 e. The standard InChI is InChI=1S/C16H20BrF4N3O2/c1-9(2)24(10(3)4)23-22-13-7-6-11(8-12(13)17)15(18,14(25)26-5)16(19,20)21/h6-10H,1-5H3. The van der Waals surface area contributed by atoms with Crippen LogP contribution in [0.5, 0.6) is 0 Å². The van der Waals surface area contributed by atoms with Crippen molar-refractivity contribution in [3.8, 4) is 0 Å². The molecule has 0 saturated heterocycles. The maximum atomic E-state index is 14.6. The number of benzene rings is 1. The first-order chi connectivity index (χ1) is 11.9. The fraction of sp³-hybridized carbons (Fsp3) is 0.562. The predicted molar refractivity (Wildman–Crippen MR) is 91.6 cm³/mol. The molecule has 10 heteroatoms. The van der Waals surface area contributed by atoms with Crippen LogP contribution < -0.4 is 0 Å². The minimum Gasteiger partial charge on any atom is -0.466 e. The summed E-state index contributed by atoms with van der Waals surface area (Å²) in [6.07, 6.45) is -5.48. The first kappa shape index (κ1) is 22.3. The first-order valence-corrected chi connectivity index (χ1v) is 8.49. The average molecular weight is 442 g/mol. The molecule has 1 atom stereocenters. The molecule has 0 aliphatic carbocycles. The van der Waals surface area contributed by atoms with Crippen LogP contribution >= 0.6 is 15.9 Å². The van der Waals surface area contributed by atoms with E-state index in [1.807, 2.05) is 27.7 Å². The van der Waals surface area contributed by atoms with Crippen LogP contribution in [0.1, 0.15) is 33.3 Å². The van der Waals surface area contributed by atoms with Crippen LogP contribution in [0.4, 0.5) is 23.2 Å². The number of hydrogen-bond donors (Lipinski definition) is 0. The first-order valence-electron chi connectivity index (χ1n) is 7.70. The van der Waals surface area contributed by atoms with Crippen molar-refractivity contribution >= 4 is 27.6 Å². The van der Waals surface area contributed by atoms with Gasteiger partial charge >= 0.3 is 17.8 Å². The van der Waals surface area contributed by atoms with E-state index in [2.05, 4.69) is 31.0 Å². The van der Waals surface area contributed by atoms with Crippen molar-refractivity contribution in [3.05, 3.63) is 28.2 Å². The Kier molecular flexibility index (Phi) is 7.15. The highest BCUT2D eigenvalue weighted by atomic mass is 79.9. The van der Waals surface area contributed by atoms with E-state index in [1.54, 1.807) is 5.01 Å². The number of carbonyl (C=O) groups is 1. The molecule has 0 fully saturated rings. The number of ether oxygens (including phenoxy) is 1. The van der Waals surface area contributed by atoms with E-state index < -0.39 is 23.4 Å². The topological polar surface area (TPSA) is 54.3 Å². The van der Waals surface area contributed by atoms with Crippen LogP contribution in [0.25, 0.3) is 0 Å². The van der Waals surface area contributed by atoms with Crippen LogP contribution in [0.15, 0.2) is 33.0 Å². The summed E-state index contributed by atoms with van der Waals surface area (Å²) in [6, 6.07) is 2.93. The highest BCUT2D eigenvalue weighted by molar-refractivity contribution is 9.10. The Morgan fingerprint density at radius 1 is 1.15 bits per heavy atom. The van der Waals surface area contributed by atoms with E-state index in [-0.39, 0.29) is 22.2 Å². The molecule has 1 aromatic carbocycles. The molecule has 5 nitrogen and oxygen atoms in total. The van der Waals surface area contributed by atoms with Crippen LogP contribution in [-0.2, 0) is 15.2 Å². The van der Waals surface area contributed by atoms with Crippen molar-refractivity contribution in [2.45, 2.75) is 51.6 Å². The predicted octanol–water partition coefficient (Wildman–Crippen LogP) is 5.47. The Morgan fingerprint density at radius 3 is 2.08 bits per heavy atom.